The van der Waals surface area contributed by atoms with Gasteiger partial charge in [-0.1, -0.05) is 29.8 Å². The summed E-state index contributed by atoms with van der Waals surface area (Å²) in [6.07, 6.45) is 0.988. The first-order chi connectivity index (χ1) is 5.59. The van der Waals surface area contributed by atoms with Crippen molar-refractivity contribution in [3.63, 3.8) is 0 Å². The summed E-state index contributed by atoms with van der Waals surface area (Å²) in [6, 6.07) is 7.16. The Morgan fingerprint density at radius 1 is 1.25 bits per heavy atom. The van der Waals surface area contributed by atoms with Gasteiger partial charge in [-0.2, -0.15) is 8.78 Å². The molecule has 0 saturated heterocycles. The van der Waals surface area contributed by atoms with E-state index >= 15 is 0 Å². The number of aryl methyl sites for hydroxylation is 1. The Bertz CT molecular complexity index is 351. The molecule has 1 aliphatic rings. The third kappa shape index (κ3) is 1.13. The van der Waals surface area contributed by atoms with Crippen molar-refractivity contribution in [1.29, 1.82) is 0 Å². The summed E-state index contributed by atoms with van der Waals surface area (Å²) in [6.45, 7) is 1.89. The van der Waals surface area contributed by atoms with Crippen LogP contribution in [0.4, 0.5) is 8.78 Å². The normalized spacial score (nSPS) is 18.8. The van der Waals surface area contributed by atoms with Gasteiger partial charge >= 0.3 is 0 Å². The summed E-state index contributed by atoms with van der Waals surface area (Å²) in [5.41, 5.74) is 1.81. The molecule has 0 atom stereocenters. The van der Waals surface area contributed by atoms with Crippen LogP contribution < -0.4 is 0 Å². The minimum absolute atomic E-state index is 0.159. The van der Waals surface area contributed by atoms with Gasteiger partial charge in [0, 0.05) is 5.57 Å². The highest BCUT2D eigenvalue weighted by Gasteiger charge is 2.45. The Hall–Kier alpha value is -1.18. The van der Waals surface area contributed by atoms with Crippen LogP contribution in [-0.4, -0.2) is 5.92 Å². The van der Waals surface area contributed by atoms with Crippen molar-refractivity contribution in [2.75, 3.05) is 0 Å². The first kappa shape index (κ1) is 7.47. The van der Waals surface area contributed by atoms with Crippen LogP contribution in [-0.2, 0) is 0 Å². The molecule has 0 bridgehead atoms. The second-order valence-corrected chi connectivity index (χ2v) is 3.05. The fraction of sp³-hybridized carbons (Fsp3) is 0.200. The van der Waals surface area contributed by atoms with Crippen molar-refractivity contribution >= 4 is 5.57 Å². The van der Waals surface area contributed by atoms with Crippen LogP contribution in [0, 0.1) is 6.92 Å². The molecule has 0 aliphatic heterocycles. The first-order valence-corrected chi connectivity index (χ1v) is 3.78. The lowest BCUT2D eigenvalue weighted by Gasteiger charge is -1.99. The van der Waals surface area contributed by atoms with E-state index < -0.39 is 5.92 Å². The van der Waals surface area contributed by atoms with Gasteiger partial charge in [0.1, 0.15) is 0 Å². The van der Waals surface area contributed by atoms with Crippen molar-refractivity contribution in [2.45, 2.75) is 12.8 Å². The topological polar surface area (TPSA) is 0 Å². The minimum Gasteiger partial charge on any atom is -0.196 e. The van der Waals surface area contributed by atoms with Crippen LogP contribution in [0.2, 0.25) is 0 Å². The standard InChI is InChI=1S/C10H8F2/c1-7-3-2-4-8(5-7)9-6-10(9,11)12/h2-6H,1H3. The van der Waals surface area contributed by atoms with E-state index in [4.69, 9.17) is 0 Å². The average Bonchev–Trinajstić information content (AvgIpc) is 2.60. The lowest BCUT2D eigenvalue weighted by Crippen LogP contribution is -1.93. The van der Waals surface area contributed by atoms with Gasteiger partial charge in [-0.05, 0) is 18.6 Å². The molecule has 0 fully saturated rings. The van der Waals surface area contributed by atoms with Crippen molar-refractivity contribution in [3.8, 4) is 0 Å². The first-order valence-electron chi connectivity index (χ1n) is 3.78. The molecule has 12 heavy (non-hydrogen) atoms. The highest BCUT2D eigenvalue weighted by Crippen LogP contribution is 2.47. The lowest BCUT2D eigenvalue weighted by molar-refractivity contribution is 0.159. The lowest BCUT2D eigenvalue weighted by atomic mass is 10.1. The molecule has 0 unspecified atom stereocenters. The Morgan fingerprint density at radius 2 is 1.92 bits per heavy atom. The van der Waals surface area contributed by atoms with E-state index in [0.29, 0.717) is 5.56 Å². The zero-order valence-corrected chi connectivity index (χ0v) is 6.64. The molecule has 1 aromatic rings. The Labute approximate surface area is 69.5 Å². The highest BCUT2D eigenvalue weighted by atomic mass is 19.3. The second kappa shape index (κ2) is 2.16. The van der Waals surface area contributed by atoms with E-state index in [1.807, 2.05) is 13.0 Å². The molecule has 0 saturated carbocycles. The maximum atomic E-state index is 12.5. The van der Waals surface area contributed by atoms with E-state index in [0.717, 1.165) is 11.6 Å². The molecular formula is C10H8F2. The van der Waals surface area contributed by atoms with Gasteiger partial charge in [0.2, 0.25) is 0 Å². The van der Waals surface area contributed by atoms with Gasteiger partial charge in [-0.25, -0.2) is 0 Å². The smallest absolute Gasteiger partial charge is 0.196 e. The quantitative estimate of drug-likeness (QED) is 0.601. The molecular weight excluding hydrogens is 158 g/mol. The van der Waals surface area contributed by atoms with Crippen molar-refractivity contribution in [3.05, 3.63) is 41.5 Å². The van der Waals surface area contributed by atoms with Gasteiger partial charge in [-0.3, -0.25) is 0 Å². The molecule has 0 nitrogen and oxygen atoms in total. The Balaban J connectivity index is 2.32. The molecule has 0 radical (unpaired) electrons. The van der Waals surface area contributed by atoms with Crippen LogP contribution in [0.15, 0.2) is 30.3 Å². The molecule has 0 N–H and O–H groups in total. The fourth-order valence-corrected chi connectivity index (χ4v) is 1.23. The van der Waals surface area contributed by atoms with E-state index in [-0.39, 0.29) is 5.57 Å². The summed E-state index contributed by atoms with van der Waals surface area (Å²) in [4.78, 5) is 0. The number of hydrogen-bond donors (Lipinski definition) is 0. The van der Waals surface area contributed by atoms with Gasteiger partial charge in [0.15, 0.2) is 0 Å². The number of halogens is 2. The summed E-state index contributed by atoms with van der Waals surface area (Å²) < 4.78 is 25.0. The molecule has 1 aromatic carbocycles. The number of allylic oxidation sites excluding steroid dienone is 2. The van der Waals surface area contributed by atoms with Crippen LogP contribution in [0.3, 0.4) is 0 Å². The molecule has 0 heterocycles. The summed E-state index contributed by atoms with van der Waals surface area (Å²) in [5, 5.41) is 0. The zero-order valence-electron chi connectivity index (χ0n) is 6.64. The third-order valence-corrected chi connectivity index (χ3v) is 1.93. The minimum atomic E-state index is -2.65. The third-order valence-electron chi connectivity index (χ3n) is 1.93. The Morgan fingerprint density at radius 3 is 2.42 bits per heavy atom. The number of hydrogen-bond acceptors (Lipinski definition) is 0. The molecule has 62 valence electrons. The van der Waals surface area contributed by atoms with E-state index in [2.05, 4.69) is 0 Å². The van der Waals surface area contributed by atoms with Gasteiger partial charge in [-0.15, -0.1) is 0 Å². The van der Waals surface area contributed by atoms with Crippen molar-refractivity contribution in [1.82, 2.24) is 0 Å². The fourth-order valence-electron chi connectivity index (χ4n) is 1.23. The summed E-state index contributed by atoms with van der Waals surface area (Å²) >= 11 is 0. The SMILES string of the molecule is Cc1cccc(C2=CC2(F)F)c1. The molecule has 2 rings (SSSR count). The zero-order chi connectivity index (χ0) is 8.77. The maximum Gasteiger partial charge on any atom is 0.292 e. The molecule has 1 aliphatic carbocycles. The molecule has 0 aromatic heterocycles. The highest BCUT2D eigenvalue weighted by molar-refractivity contribution is 5.85. The number of benzene rings is 1. The predicted octanol–water partition coefficient (Wildman–Crippen LogP) is 3.03. The number of rotatable bonds is 1. The van der Waals surface area contributed by atoms with Crippen molar-refractivity contribution < 1.29 is 8.78 Å². The Kier molecular flexibility index (Phi) is 1.34. The molecule has 0 amide bonds. The summed E-state index contributed by atoms with van der Waals surface area (Å²) in [5.74, 6) is -2.65. The monoisotopic (exact) mass is 166 g/mol. The average molecular weight is 166 g/mol. The molecule has 2 heteroatoms. The van der Waals surface area contributed by atoms with E-state index in [1.54, 1.807) is 18.2 Å². The number of alkyl halides is 2. The maximum absolute atomic E-state index is 12.5. The van der Waals surface area contributed by atoms with Crippen LogP contribution in [0.25, 0.3) is 5.57 Å². The predicted molar refractivity (Wildman–Crippen MR) is 44.1 cm³/mol. The summed E-state index contributed by atoms with van der Waals surface area (Å²) in [7, 11) is 0. The van der Waals surface area contributed by atoms with Crippen molar-refractivity contribution in [2.24, 2.45) is 0 Å². The largest absolute Gasteiger partial charge is 0.292 e. The van der Waals surface area contributed by atoms with E-state index in [9.17, 15) is 8.78 Å². The van der Waals surface area contributed by atoms with Gasteiger partial charge < -0.3 is 0 Å². The van der Waals surface area contributed by atoms with Gasteiger partial charge in [0.05, 0.1) is 0 Å². The second-order valence-electron chi connectivity index (χ2n) is 3.05. The van der Waals surface area contributed by atoms with Crippen LogP contribution in [0.1, 0.15) is 11.1 Å². The van der Waals surface area contributed by atoms with Gasteiger partial charge in [0.25, 0.3) is 5.92 Å². The van der Waals surface area contributed by atoms with Crippen LogP contribution >= 0.6 is 0 Å². The molecule has 0 spiro atoms. The van der Waals surface area contributed by atoms with Crippen LogP contribution in [0.5, 0.6) is 0 Å². The van der Waals surface area contributed by atoms with E-state index in [1.165, 1.54) is 0 Å².